The van der Waals surface area contributed by atoms with Gasteiger partial charge in [-0.3, -0.25) is 4.98 Å². The molecule has 1 aliphatic rings. The van der Waals surface area contributed by atoms with Crippen LogP contribution in [0.25, 0.3) is 5.65 Å². The topological polar surface area (TPSA) is 81.3 Å². The van der Waals surface area contributed by atoms with Crippen LogP contribution in [-0.2, 0) is 6.61 Å². The first-order valence-electron chi connectivity index (χ1n) is 8.20. The minimum Gasteiger partial charge on any atom is -0.469 e. The Hall–Kier alpha value is -2.48. The van der Waals surface area contributed by atoms with E-state index in [4.69, 9.17) is 16.3 Å². The maximum Gasteiger partial charge on any atom is 0.227 e. The van der Waals surface area contributed by atoms with E-state index in [2.05, 4.69) is 29.9 Å². The molecule has 4 heterocycles. The Morgan fingerprint density at radius 1 is 1.16 bits per heavy atom. The van der Waals surface area contributed by atoms with Crippen molar-refractivity contribution in [2.75, 3.05) is 18.0 Å². The van der Waals surface area contributed by atoms with Crippen molar-refractivity contribution in [1.82, 2.24) is 29.5 Å². The highest BCUT2D eigenvalue weighted by molar-refractivity contribution is 6.28. The van der Waals surface area contributed by atoms with Gasteiger partial charge in [-0.05, 0) is 38.3 Å². The van der Waals surface area contributed by atoms with Crippen LogP contribution in [-0.4, -0.2) is 42.6 Å². The average molecular weight is 360 g/mol. The van der Waals surface area contributed by atoms with Gasteiger partial charge in [-0.15, -0.1) is 5.10 Å². The van der Waals surface area contributed by atoms with Gasteiger partial charge in [0, 0.05) is 25.4 Å². The molecule has 0 amide bonds. The maximum atomic E-state index is 6.04. The molecular formula is C16H18ClN7O. The predicted octanol–water partition coefficient (Wildman–Crippen LogP) is 2.36. The zero-order valence-electron chi connectivity index (χ0n) is 14.1. The van der Waals surface area contributed by atoms with Crippen LogP contribution in [0.4, 0.5) is 5.82 Å². The van der Waals surface area contributed by atoms with Gasteiger partial charge in [0.2, 0.25) is 11.2 Å². The largest absolute Gasteiger partial charge is 0.469 e. The lowest BCUT2D eigenvalue weighted by molar-refractivity contribution is 0.284. The Morgan fingerprint density at radius 3 is 2.72 bits per heavy atom. The molecule has 0 saturated carbocycles. The Kier molecular flexibility index (Phi) is 4.12. The van der Waals surface area contributed by atoms with E-state index >= 15 is 0 Å². The molecule has 1 aliphatic heterocycles. The number of anilines is 1. The quantitative estimate of drug-likeness (QED) is 0.661. The highest BCUT2D eigenvalue weighted by atomic mass is 35.5. The number of hydrogen-bond donors (Lipinski definition) is 0. The Balaban J connectivity index is 1.55. The second-order valence-electron chi connectivity index (χ2n) is 6.06. The molecule has 3 aromatic heterocycles. The molecule has 4 rings (SSSR count). The third kappa shape index (κ3) is 3.21. The zero-order chi connectivity index (χ0) is 17.4. The molecule has 9 heteroatoms. The normalized spacial score (nSPS) is 14.4. The first kappa shape index (κ1) is 16.0. The van der Waals surface area contributed by atoms with Gasteiger partial charge in [0.05, 0.1) is 11.4 Å². The molecule has 0 bridgehead atoms. The van der Waals surface area contributed by atoms with E-state index in [1.807, 2.05) is 19.9 Å². The summed E-state index contributed by atoms with van der Waals surface area (Å²) in [5.41, 5.74) is 2.48. The van der Waals surface area contributed by atoms with Crippen molar-refractivity contribution in [3.8, 4) is 5.88 Å². The summed E-state index contributed by atoms with van der Waals surface area (Å²) in [7, 11) is 0. The second kappa shape index (κ2) is 6.44. The predicted molar refractivity (Wildman–Crippen MR) is 93.1 cm³/mol. The number of fused-ring (bicyclic) bond motifs is 1. The number of halogens is 1. The van der Waals surface area contributed by atoms with Crippen LogP contribution < -0.4 is 9.64 Å². The molecular weight excluding hydrogens is 342 g/mol. The molecule has 8 nitrogen and oxygen atoms in total. The fraction of sp³-hybridized carbons (Fsp3) is 0.438. The van der Waals surface area contributed by atoms with E-state index in [0.717, 1.165) is 48.8 Å². The lowest BCUT2D eigenvalue weighted by Gasteiger charge is -2.16. The van der Waals surface area contributed by atoms with Crippen molar-refractivity contribution >= 4 is 23.1 Å². The van der Waals surface area contributed by atoms with Crippen LogP contribution in [0.1, 0.15) is 30.1 Å². The smallest absolute Gasteiger partial charge is 0.227 e. The minimum atomic E-state index is 0.179. The summed E-state index contributed by atoms with van der Waals surface area (Å²) >= 11 is 6.04. The van der Waals surface area contributed by atoms with E-state index in [1.54, 1.807) is 10.7 Å². The van der Waals surface area contributed by atoms with E-state index in [-0.39, 0.29) is 11.9 Å². The van der Waals surface area contributed by atoms with Gasteiger partial charge < -0.3 is 9.64 Å². The number of nitrogens with zero attached hydrogens (tertiary/aromatic N) is 7. The molecule has 0 aromatic carbocycles. The van der Waals surface area contributed by atoms with E-state index in [9.17, 15) is 0 Å². The first-order valence-corrected chi connectivity index (χ1v) is 8.58. The number of hydrogen-bond acceptors (Lipinski definition) is 7. The average Bonchev–Trinajstić information content (AvgIpc) is 3.26. The van der Waals surface area contributed by atoms with Gasteiger partial charge in [0.25, 0.3) is 0 Å². The van der Waals surface area contributed by atoms with E-state index in [1.165, 1.54) is 0 Å². The summed E-state index contributed by atoms with van der Waals surface area (Å²) in [6.07, 6.45) is 4.10. The molecule has 0 radical (unpaired) electrons. The lowest BCUT2D eigenvalue weighted by atomic mass is 10.4. The second-order valence-corrected chi connectivity index (χ2v) is 6.40. The fourth-order valence-corrected chi connectivity index (χ4v) is 3.07. The molecule has 0 N–H and O–H groups in total. The zero-order valence-corrected chi connectivity index (χ0v) is 14.9. The van der Waals surface area contributed by atoms with Crippen LogP contribution in [0.15, 0.2) is 12.3 Å². The molecule has 0 unspecified atom stereocenters. The summed E-state index contributed by atoms with van der Waals surface area (Å²) < 4.78 is 7.53. The number of rotatable bonds is 4. The van der Waals surface area contributed by atoms with Gasteiger partial charge in [-0.25, -0.2) is 14.5 Å². The van der Waals surface area contributed by atoms with Crippen LogP contribution >= 0.6 is 11.6 Å². The van der Waals surface area contributed by atoms with Crippen molar-refractivity contribution in [2.45, 2.75) is 33.3 Å². The third-order valence-corrected chi connectivity index (χ3v) is 4.36. The van der Waals surface area contributed by atoms with Crippen molar-refractivity contribution in [1.29, 1.82) is 0 Å². The van der Waals surface area contributed by atoms with Crippen molar-refractivity contribution < 1.29 is 4.74 Å². The fourth-order valence-electron chi connectivity index (χ4n) is 2.90. The molecule has 1 fully saturated rings. The summed E-state index contributed by atoms with van der Waals surface area (Å²) in [4.78, 5) is 19.4. The van der Waals surface area contributed by atoms with Crippen molar-refractivity contribution in [3.63, 3.8) is 0 Å². The van der Waals surface area contributed by atoms with Crippen molar-refractivity contribution in [2.24, 2.45) is 0 Å². The summed E-state index contributed by atoms with van der Waals surface area (Å²) in [5, 5.41) is 4.64. The number of aromatic nitrogens is 6. The van der Waals surface area contributed by atoms with Crippen LogP contribution in [0.2, 0.25) is 5.28 Å². The molecule has 1 saturated heterocycles. The Bertz CT molecular complexity index is 881. The summed E-state index contributed by atoms with van der Waals surface area (Å²) in [6, 6.07) is 1.81. The number of ether oxygens (including phenoxy) is 1. The number of aryl methyl sites for hydroxylation is 2. The molecule has 25 heavy (non-hydrogen) atoms. The van der Waals surface area contributed by atoms with E-state index < -0.39 is 0 Å². The summed E-state index contributed by atoms with van der Waals surface area (Å²) in [6.45, 7) is 6.00. The SMILES string of the molecule is Cc1ncc(C)n2nc(COc3cc(N4CCCC4)nc(Cl)n3)nc12. The molecule has 0 spiro atoms. The summed E-state index contributed by atoms with van der Waals surface area (Å²) in [5.74, 6) is 1.79. The van der Waals surface area contributed by atoms with Crippen LogP contribution in [0.3, 0.4) is 0 Å². The lowest BCUT2D eigenvalue weighted by Crippen LogP contribution is -2.19. The minimum absolute atomic E-state index is 0.179. The van der Waals surface area contributed by atoms with Gasteiger partial charge in [-0.1, -0.05) is 0 Å². The first-order chi connectivity index (χ1) is 12.1. The van der Waals surface area contributed by atoms with Crippen LogP contribution in [0.5, 0.6) is 5.88 Å². The molecule has 0 aliphatic carbocycles. The van der Waals surface area contributed by atoms with Crippen LogP contribution in [0, 0.1) is 13.8 Å². The molecule has 3 aromatic rings. The molecule has 130 valence electrons. The Morgan fingerprint density at radius 2 is 1.96 bits per heavy atom. The van der Waals surface area contributed by atoms with Crippen molar-refractivity contribution in [3.05, 3.63) is 34.8 Å². The van der Waals surface area contributed by atoms with Gasteiger partial charge in [-0.2, -0.15) is 4.98 Å². The van der Waals surface area contributed by atoms with Gasteiger partial charge in [0.15, 0.2) is 18.1 Å². The highest BCUT2D eigenvalue weighted by Gasteiger charge is 2.16. The van der Waals surface area contributed by atoms with Gasteiger partial charge in [0.1, 0.15) is 5.82 Å². The van der Waals surface area contributed by atoms with E-state index in [0.29, 0.717) is 11.7 Å². The monoisotopic (exact) mass is 359 g/mol. The maximum absolute atomic E-state index is 6.04. The third-order valence-electron chi connectivity index (χ3n) is 4.19. The molecule has 0 atom stereocenters. The standard InChI is InChI=1S/C16H18ClN7O/c1-10-8-18-11(2)15-19-12(22-24(10)15)9-25-14-7-13(20-16(17)21-14)23-5-3-4-6-23/h7-8H,3-6,9H2,1-2H3. The Labute approximate surface area is 149 Å². The highest BCUT2D eigenvalue weighted by Crippen LogP contribution is 2.23. The van der Waals surface area contributed by atoms with Gasteiger partial charge >= 0.3 is 0 Å².